The van der Waals surface area contributed by atoms with E-state index in [0.717, 1.165) is 12.8 Å². The van der Waals surface area contributed by atoms with Gasteiger partial charge in [0.25, 0.3) is 0 Å². The number of hydrogen-bond donors (Lipinski definition) is 1. The number of carboxylic acids is 1. The first kappa shape index (κ1) is 13.5. The summed E-state index contributed by atoms with van der Waals surface area (Å²) < 4.78 is 40.8. The molecule has 2 heterocycles. The molecule has 0 amide bonds. The third kappa shape index (κ3) is 2.43. The molecule has 0 aromatic carbocycles. The van der Waals surface area contributed by atoms with E-state index < -0.39 is 30.1 Å². The molecule has 1 saturated carbocycles. The van der Waals surface area contributed by atoms with E-state index in [-0.39, 0.29) is 11.9 Å². The standard InChI is InChI=1S/C9H8F3N7O2/c10-9(11,12)7-6(8(20)21)14-16-18(7)3-5-13-15-17-19(5)4-1-2-4/h4H,1-3H2,(H,20,21). The summed E-state index contributed by atoms with van der Waals surface area (Å²) in [6.07, 6.45) is -3.20. The topological polar surface area (TPSA) is 112 Å². The number of rotatable bonds is 4. The van der Waals surface area contributed by atoms with Crippen molar-refractivity contribution in [1.29, 1.82) is 0 Å². The Balaban J connectivity index is 1.98. The molecule has 2 aromatic heterocycles. The van der Waals surface area contributed by atoms with Crippen LogP contribution in [0.4, 0.5) is 13.2 Å². The highest BCUT2D eigenvalue weighted by molar-refractivity contribution is 5.86. The fraction of sp³-hybridized carbons (Fsp3) is 0.556. The number of carbonyl (C=O) groups is 1. The van der Waals surface area contributed by atoms with Gasteiger partial charge in [-0.2, -0.15) is 13.2 Å². The minimum atomic E-state index is -4.89. The van der Waals surface area contributed by atoms with Gasteiger partial charge in [-0.15, -0.1) is 10.2 Å². The van der Waals surface area contributed by atoms with Crippen molar-refractivity contribution in [1.82, 2.24) is 35.2 Å². The quantitative estimate of drug-likeness (QED) is 0.868. The average molecular weight is 303 g/mol. The molecule has 3 rings (SSSR count). The van der Waals surface area contributed by atoms with Gasteiger partial charge < -0.3 is 5.11 Å². The van der Waals surface area contributed by atoms with Crippen LogP contribution >= 0.6 is 0 Å². The highest BCUT2D eigenvalue weighted by Gasteiger charge is 2.42. The second kappa shape index (κ2) is 4.49. The summed E-state index contributed by atoms with van der Waals surface area (Å²) in [5.74, 6) is -1.62. The SMILES string of the molecule is O=C(O)c1nnn(Cc2nnnn2C2CC2)c1C(F)(F)F. The number of hydrogen-bond acceptors (Lipinski definition) is 6. The van der Waals surface area contributed by atoms with Crippen LogP contribution in [0.15, 0.2) is 0 Å². The highest BCUT2D eigenvalue weighted by Crippen LogP contribution is 2.35. The summed E-state index contributed by atoms with van der Waals surface area (Å²) in [6.45, 7) is -0.404. The van der Waals surface area contributed by atoms with Crippen molar-refractivity contribution in [2.45, 2.75) is 31.6 Å². The van der Waals surface area contributed by atoms with E-state index in [1.165, 1.54) is 4.68 Å². The number of tetrazole rings is 1. The third-order valence-corrected chi connectivity index (χ3v) is 2.95. The lowest BCUT2D eigenvalue weighted by Crippen LogP contribution is -2.20. The van der Waals surface area contributed by atoms with Gasteiger partial charge in [-0.1, -0.05) is 5.21 Å². The van der Waals surface area contributed by atoms with Crippen molar-refractivity contribution in [2.75, 3.05) is 0 Å². The summed E-state index contributed by atoms with van der Waals surface area (Å²) in [5.41, 5.74) is -2.58. The van der Waals surface area contributed by atoms with Gasteiger partial charge in [0.1, 0.15) is 6.54 Å². The predicted octanol–water partition coefficient (Wildman–Crippen LogP) is 0.365. The number of aromatic carboxylic acids is 1. The zero-order valence-electron chi connectivity index (χ0n) is 10.3. The Morgan fingerprint density at radius 2 is 2.00 bits per heavy atom. The molecule has 1 fully saturated rings. The van der Waals surface area contributed by atoms with Crippen molar-refractivity contribution < 1.29 is 23.1 Å². The zero-order valence-corrected chi connectivity index (χ0v) is 10.3. The molecular formula is C9H8F3N7O2. The molecule has 0 saturated heterocycles. The molecule has 21 heavy (non-hydrogen) atoms. The summed E-state index contributed by atoms with van der Waals surface area (Å²) in [4.78, 5) is 10.8. The first-order valence-electron chi connectivity index (χ1n) is 5.88. The average Bonchev–Trinajstić information content (AvgIpc) is 2.96. The van der Waals surface area contributed by atoms with Crippen molar-refractivity contribution >= 4 is 5.97 Å². The Labute approximate surface area is 114 Å². The molecule has 1 aliphatic carbocycles. The molecule has 0 radical (unpaired) electrons. The smallest absolute Gasteiger partial charge is 0.435 e. The lowest BCUT2D eigenvalue weighted by Gasteiger charge is -2.09. The Bertz CT molecular complexity index is 688. The second-order valence-corrected chi connectivity index (χ2v) is 4.52. The van der Waals surface area contributed by atoms with Crippen molar-refractivity contribution in [3.63, 3.8) is 0 Å². The van der Waals surface area contributed by atoms with Crippen LogP contribution < -0.4 is 0 Å². The third-order valence-electron chi connectivity index (χ3n) is 2.95. The summed E-state index contributed by atoms with van der Waals surface area (Å²) >= 11 is 0. The summed E-state index contributed by atoms with van der Waals surface area (Å²) in [5, 5.41) is 25.9. The maximum absolute atomic E-state index is 13.0. The van der Waals surface area contributed by atoms with Crippen molar-refractivity contribution in [3.05, 3.63) is 17.2 Å². The number of nitrogens with zero attached hydrogens (tertiary/aromatic N) is 7. The minimum Gasteiger partial charge on any atom is -0.476 e. The van der Waals surface area contributed by atoms with Gasteiger partial charge in [0, 0.05) is 0 Å². The highest BCUT2D eigenvalue weighted by atomic mass is 19.4. The molecular weight excluding hydrogens is 295 g/mol. The maximum Gasteiger partial charge on any atom is 0.435 e. The van der Waals surface area contributed by atoms with Gasteiger partial charge in [0.15, 0.2) is 11.5 Å². The fourth-order valence-corrected chi connectivity index (χ4v) is 1.90. The van der Waals surface area contributed by atoms with E-state index in [2.05, 4.69) is 25.8 Å². The zero-order chi connectivity index (χ0) is 15.2. The molecule has 0 atom stereocenters. The van der Waals surface area contributed by atoms with E-state index in [0.29, 0.717) is 4.68 Å². The van der Waals surface area contributed by atoms with Gasteiger partial charge in [-0.3, -0.25) is 0 Å². The van der Waals surface area contributed by atoms with Crippen LogP contribution in [0.2, 0.25) is 0 Å². The molecule has 1 aliphatic rings. The molecule has 2 aromatic rings. The molecule has 1 N–H and O–H groups in total. The van der Waals surface area contributed by atoms with Crippen LogP contribution in [-0.4, -0.2) is 46.3 Å². The van der Waals surface area contributed by atoms with Gasteiger partial charge in [0.2, 0.25) is 5.69 Å². The van der Waals surface area contributed by atoms with Crippen LogP contribution in [0.5, 0.6) is 0 Å². The number of halogens is 3. The molecule has 9 nitrogen and oxygen atoms in total. The number of carboxylic acid groups (broad SMARTS) is 1. The van der Waals surface area contributed by atoms with Crippen molar-refractivity contribution in [3.8, 4) is 0 Å². The molecule has 12 heteroatoms. The van der Waals surface area contributed by atoms with Crippen LogP contribution in [-0.2, 0) is 12.7 Å². The molecule has 112 valence electrons. The summed E-state index contributed by atoms with van der Waals surface area (Å²) in [6, 6.07) is 0.0757. The largest absolute Gasteiger partial charge is 0.476 e. The normalized spacial score (nSPS) is 15.4. The van der Waals surface area contributed by atoms with E-state index in [1.54, 1.807) is 0 Å². The van der Waals surface area contributed by atoms with Crippen LogP contribution in [0.1, 0.15) is 40.9 Å². The second-order valence-electron chi connectivity index (χ2n) is 4.52. The molecule has 0 spiro atoms. The number of aromatic nitrogens is 7. The maximum atomic E-state index is 13.0. The van der Waals surface area contributed by atoms with Gasteiger partial charge >= 0.3 is 12.1 Å². The van der Waals surface area contributed by atoms with E-state index in [1.807, 2.05) is 0 Å². The lowest BCUT2D eigenvalue weighted by atomic mass is 10.3. The van der Waals surface area contributed by atoms with Crippen molar-refractivity contribution in [2.24, 2.45) is 0 Å². The Morgan fingerprint density at radius 1 is 1.29 bits per heavy atom. The minimum absolute atomic E-state index is 0.0757. The Hall–Kier alpha value is -2.53. The van der Waals surface area contributed by atoms with Gasteiger partial charge in [-0.25, -0.2) is 14.2 Å². The Kier molecular flexibility index (Phi) is 2.88. The first-order valence-corrected chi connectivity index (χ1v) is 5.88. The van der Waals surface area contributed by atoms with E-state index >= 15 is 0 Å². The van der Waals surface area contributed by atoms with Crippen LogP contribution in [0, 0.1) is 0 Å². The molecule has 0 unspecified atom stereocenters. The summed E-state index contributed by atoms with van der Waals surface area (Å²) in [7, 11) is 0. The molecule has 0 aliphatic heterocycles. The van der Waals surface area contributed by atoms with E-state index in [9.17, 15) is 18.0 Å². The van der Waals surface area contributed by atoms with Crippen LogP contribution in [0.3, 0.4) is 0 Å². The van der Waals surface area contributed by atoms with Gasteiger partial charge in [-0.05, 0) is 23.3 Å². The molecule has 0 bridgehead atoms. The fourth-order valence-electron chi connectivity index (χ4n) is 1.90. The first-order chi connectivity index (χ1) is 9.88. The Morgan fingerprint density at radius 3 is 2.57 bits per heavy atom. The van der Waals surface area contributed by atoms with Crippen LogP contribution in [0.25, 0.3) is 0 Å². The monoisotopic (exact) mass is 303 g/mol. The lowest BCUT2D eigenvalue weighted by molar-refractivity contribution is -0.144. The number of alkyl halides is 3. The van der Waals surface area contributed by atoms with Gasteiger partial charge in [0.05, 0.1) is 6.04 Å². The predicted molar refractivity (Wildman–Crippen MR) is 57.2 cm³/mol. The van der Waals surface area contributed by atoms with E-state index in [4.69, 9.17) is 5.11 Å².